The lowest BCUT2D eigenvalue weighted by molar-refractivity contribution is -0.387. The third-order valence-electron chi connectivity index (χ3n) is 7.30. The van der Waals surface area contributed by atoms with E-state index in [1.165, 1.54) is 30.5 Å². The third-order valence-corrected chi connectivity index (χ3v) is 10.1. The zero-order chi connectivity index (χ0) is 33.7. The summed E-state index contributed by atoms with van der Waals surface area (Å²) in [5.41, 5.74) is -1.07. The summed E-state index contributed by atoms with van der Waals surface area (Å²) >= 11 is 18.7. The van der Waals surface area contributed by atoms with Crippen molar-refractivity contribution in [1.82, 2.24) is 9.29 Å². The molecule has 0 bridgehead atoms. The maximum atomic E-state index is 14.5. The number of aromatic nitrogens is 1. The van der Waals surface area contributed by atoms with Crippen molar-refractivity contribution >= 4 is 56.5 Å². The molecule has 1 saturated heterocycles. The molecule has 0 atom stereocenters. The highest BCUT2D eigenvalue weighted by Crippen LogP contribution is 2.43. The Balaban J connectivity index is 1.54. The maximum absolute atomic E-state index is 14.5. The number of nitro benzene ring substituents is 1. The first-order valence-electron chi connectivity index (χ1n) is 13.0. The summed E-state index contributed by atoms with van der Waals surface area (Å²) in [5.74, 6) is -16.0. The van der Waals surface area contributed by atoms with Gasteiger partial charge in [-0.2, -0.15) is 13.1 Å². The summed E-state index contributed by atoms with van der Waals surface area (Å²) in [6.07, 6.45) is 1.29. The lowest BCUT2D eigenvalue weighted by atomic mass is 9.90. The van der Waals surface area contributed by atoms with Crippen LogP contribution in [-0.4, -0.2) is 41.7 Å². The van der Waals surface area contributed by atoms with Gasteiger partial charge < -0.3 is 9.72 Å². The van der Waals surface area contributed by atoms with Gasteiger partial charge in [0.05, 0.1) is 20.5 Å². The van der Waals surface area contributed by atoms with Gasteiger partial charge in [-0.3, -0.25) is 10.1 Å². The van der Waals surface area contributed by atoms with Gasteiger partial charge in [0.15, 0.2) is 4.90 Å². The number of rotatable bonds is 7. The van der Waals surface area contributed by atoms with Gasteiger partial charge in [-0.05, 0) is 31.0 Å². The van der Waals surface area contributed by atoms with Gasteiger partial charge in [0.1, 0.15) is 0 Å². The van der Waals surface area contributed by atoms with Crippen LogP contribution in [0.3, 0.4) is 0 Å². The van der Waals surface area contributed by atoms with Gasteiger partial charge in [0.2, 0.25) is 44.9 Å². The van der Waals surface area contributed by atoms with E-state index in [0.717, 1.165) is 16.4 Å². The minimum absolute atomic E-state index is 0.0102. The number of aromatic amines is 1. The largest absolute Gasteiger partial charge is 0.416 e. The molecule has 242 valence electrons. The number of nitro groups is 1. The Bertz CT molecular complexity index is 1970. The van der Waals surface area contributed by atoms with Crippen molar-refractivity contribution in [2.24, 2.45) is 0 Å². The quantitative estimate of drug-likeness (QED) is 0.0392. The van der Waals surface area contributed by atoms with Gasteiger partial charge in [0.25, 0.3) is 5.69 Å². The van der Waals surface area contributed by atoms with Gasteiger partial charge in [0, 0.05) is 53.1 Å². The molecule has 46 heavy (non-hydrogen) atoms. The molecule has 3 aromatic carbocycles. The van der Waals surface area contributed by atoms with E-state index in [0.29, 0.717) is 0 Å². The van der Waals surface area contributed by atoms with E-state index in [4.69, 9.17) is 39.5 Å². The average Bonchev–Trinajstić information content (AvgIpc) is 3.45. The predicted molar refractivity (Wildman–Crippen MR) is 156 cm³/mol. The van der Waals surface area contributed by atoms with E-state index < -0.39 is 77.8 Å². The Morgan fingerprint density at radius 3 is 2.04 bits per heavy atom. The van der Waals surface area contributed by atoms with Gasteiger partial charge in [-0.15, -0.1) is 0 Å². The highest BCUT2D eigenvalue weighted by atomic mass is 35.5. The number of ether oxygens (including phenoxy) is 1. The predicted octanol–water partition coefficient (Wildman–Crippen LogP) is 8.03. The van der Waals surface area contributed by atoms with Crippen molar-refractivity contribution in [2.75, 3.05) is 13.1 Å². The molecule has 4 aromatic rings. The number of sulfonamides is 1. The number of hydrogen-bond donors (Lipinski definition) is 1. The van der Waals surface area contributed by atoms with E-state index in [1.807, 2.05) is 0 Å². The third kappa shape index (κ3) is 5.93. The van der Waals surface area contributed by atoms with Gasteiger partial charge in [-0.1, -0.05) is 46.9 Å². The Hall–Kier alpha value is -3.76. The number of piperidine rings is 1. The smallest absolute Gasteiger partial charge is 0.346 e. The van der Waals surface area contributed by atoms with E-state index in [-0.39, 0.29) is 57.8 Å². The number of H-pyrrole nitrogens is 1. The van der Waals surface area contributed by atoms with Crippen LogP contribution >= 0.6 is 34.8 Å². The maximum Gasteiger partial charge on any atom is 0.346 e. The zero-order valence-corrected chi connectivity index (χ0v) is 25.8. The first-order chi connectivity index (χ1) is 21.6. The Kier molecular flexibility index (Phi) is 9.35. The number of nitrogens with zero attached hydrogens (tertiary/aromatic N) is 2. The number of halogens is 8. The lowest BCUT2D eigenvalue weighted by Crippen LogP contribution is -2.38. The summed E-state index contributed by atoms with van der Waals surface area (Å²) < 4.78 is 103. The van der Waals surface area contributed by atoms with Crippen LogP contribution in [0.4, 0.5) is 27.6 Å². The number of carbonyl (C=O) groups is 1. The molecule has 5 rings (SSSR count). The molecule has 1 fully saturated rings. The van der Waals surface area contributed by atoms with Crippen LogP contribution in [0.5, 0.6) is 5.75 Å². The molecule has 1 aliphatic heterocycles. The molecule has 2 heterocycles. The molecule has 1 N–H and O–H groups in total. The molecule has 0 saturated carbocycles. The first kappa shape index (κ1) is 33.6. The number of hydrogen-bond acceptors (Lipinski definition) is 6. The molecule has 18 heteroatoms. The highest BCUT2D eigenvalue weighted by Gasteiger charge is 2.37. The van der Waals surface area contributed by atoms with Crippen LogP contribution in [0.25, 0.3) is 11.1 Å². The van der Waals surface area contributed by atoms with Crippen LogP contribution in [0, 0.1) is 39.2 Å². The van der Waals surface area contributed by atoms with Gasteiger partial charge >= 0.3 is 5.97 Å². The zero-order valence-electron chi connectivity index (χ0n) is 22.7. The monoisotopic (exact) mass is 723 g/mol. The molecule has 1 aromatic heterocycles. The van der Waals surface area contributed by atoms with Crippen LogP contribution in [-0.2, 0) is 10.0 Å². The first-order valence-corrected chi connectivity index (χ1v) is 15.6. The minimum atomic E-state index is -4.33. The second kappa shape index (κ2) is 12.8. The van der Waals surface area contributed by atoms with E-state index in [9.17, 15) is 45.3 Å². The van der Waals surface area contributed by atoms with Crippen molar-refractivity contribution in [3.8, 4) is 16.9 Å². The number of carbonyl (C=O) groups excluding carboxylic acids is 1. The van der Waals surface area contributed by atoms with Crippen molar-refractivity contribution in [1.29, 1.82) is 0 Å². The Labute approximate surface area is 271 Å². The molecule has 0 radical (unpaired) electrons. The summed E-state index contributed by atoms with van der Waals surface area (Å²) in [7, 11) is -4.33. The molecular formula is C28H17Cl3F5N3O6S. The number of esters is 1. The van der Waals surface area contributed by atoms with Crippen LogP contribution < -0.4 is 4.74 Å². The standard InChI is InChI=1S/C28H17Cl3F5N3O6S/c29-13-9-15(30)19(16(31)10-13)14-11-37-26(20(14)28(40)45-27-24(35)22(33)21(32)23(34)25(27)36)12-5-7-38(8-6-12)46(43,44)18-4-2-1-3-17(18)39(41)42/h1-4,9-12,37H,5-8H2. The van der Waals surface area contributed by atoms with Crippen LogP contribution in [0.1, 0.15) is 34.8 Å². The van der Waals surface area contributed by atoms with E-state index in [1.54, 1.807) is 0 Å². The number of benzene rings is 3. The van der Waals surface area contributed by atoms with Crippen molar-refractivity contribution in [3.63, 3.8) is 0 Å². The summed E-state index contributed by atoms with van der Waals surface area (Å²) in [6, 6.07) is 7.37. The topological polar surface area (TPSA) is 123 Å². The fourth-order valence-electron chi connectivity index (χ4n) is 5.15. The number of nitrogens with one attached hydrogen (secondary N) is 1. The highest BCUT2D eigenvalue weighted by molar-refractivity contribution is 7.89. The SMILES string of the molecule is O=C(Oc1c(F)c(F)c(F)c(F)c1F)c1c(-c2c(Cl)cc(Cl)cc2Cl)c[nH]c1C1CCN(S(=O)(=O)c2ccccc2[N+](=O)[O-])CC1. The fourth-order valence-corrected chi connectivity index (χ4v) is 7.79. The summed E-state index contributed by atoms with van der Waals surface area (Å²) in [4.78, 5) is 26.5. The lowest BCUT2D eigenvalue weighted by Gasteiger charge is -2.31. The molecule has 1 aliphatic rings. The molecule has 0 aliphatic carbocycles. The molecule has 9 nitrogen and oxygen atoms in total. The number of para-hydroxylation sites is 1. The van der Waals surface area contributed by atoms with Crippen molar-refractivity contribution < 1.29 is 44.8 Å². The molecule has 0 spiro atoms. The van der Waals surface area contributed by atoms with Crippen molar-refractivity contribution in [3.05, 3.63) is 108 Å². The Morgan fingerprint density at radius 2 is 1.48 bits per heavy atom. The van der Waals surface area contributed by atoms with Crippen LogP contribution in [0.2, 0.25) is 15.1 Å². The summed E-state index contributed by atoms with van der Waals surface area (Å²) in [5, 5.41) is 11.4. The Morgan fingerprint density at radius 1 is 0.935 bits per heavy atom. The second-order valence-corrected chi connectivity index (χ2v) is 13.1. The molecule has 0 unspecified atom stereocenters. The minimum Gasteiger partial charge on any atom is -0.416 e. The van der Waals surface area contributed by atoms with E-state index in [2.05, 4.69) is 4.98 Å². The normalized spacial score (nSPS) is 14.4. The van der Waals surface area contributed by atoms with Crippen molar-refractivity contribution in [2.45, 2.75) is 23.7 Å². The molecule has 0 amide bonds. The second-order valence-electron chi connectivity index (χ2n) is 9.93. The fraction of sp³-hybridized carbons (Fsp3) is 0.179. The average molecular weight is 725 g/mol. The van der Waals surface area contributed by atoms with E-state index >= 15 is 0 Å². The molecular weight excluding hydrogens is 708 g/mol. The summed E-state index contributed by atoms with van der Waals surface area (Å²) in [6.45, 7) is -0.357. The van der Waals surface area contributed by atoms with Gasteiger partial charge in [-0.25, -0.2) is 26.4 Å². The van der Waals surface area contributed by atoms with Crippen LogP contribution in [0.15, 0.2) is 47.5 Å².